The fourth-order valence-electron chi connectivity index (χ4n) is 5.58. The summed E-state index contributed by atoms with van der Waals surface area (Å²) < 4.78 is 45.9. The summed E-state index contributed by atoms with van der Waals surface area (Å²) in [6.45, 7) is 8.66. The Bertz CT molecular complexity index is 1500. The number of hydrogen-bond acceptors (Lipinski definition) is 6. The second-order valence-corrected chi connectivity index (χ2v) is 10.9. The number of rotatable bonds is 7. The van der Waals surface area contributed by atoms with E-state index in [-0.39, 0.29) is 46.3 Å². The number of urea groups is 1. The van der Waals surface area contributed by atoms with E-state index >= 15 is 0 Å². The molecule has 0 aromatic heterocycles. The maximum Gasteiger partial charge on any atom is 0.416 e. The van der Waals surface area contributed by atoms with Crippen LogP contribution in [0.5, 0.6) is 0 Å². The number of hydrogen-bond donors (Lipinski definition) is 1. The number of likely N-dealkylation sites (tertiary alicyclic amines) is 1. The van der Waals surface area contributed by atoms with Crippen LogP contribution in [0.4, 0.5) is 23.7 Å². The van der Waals surface area contributed by atoms with Gasteiger partial charge in [0.2, 0.25) is 0 Å². The lowest BCUT2D eigenvalue weighted by molar-refractivity contribution is -0.139. The fraction of sp³-hybridized carbons (Fsp3) is 0.419. The van der Waals surface area contributed by atoms with Crippen molar-refractivity contribution in [2.24, 2.45) is 0 Å². The molecule has 1 saturated heterocycles. The highest BCUT2D eigenvalue weighted by Gasteiger charge is 2.43. The number of likely N-dealkylation sites (N-methyl/N-ethyl adjacent to an activating group) is 1. The first-order chi connectivity index (χ1) is 20.3. The van der Waals surface area contributed by atoms with Crippen molar-refractivity contribution in [3.05, 3.63) is 76.0 Å². The van der Waals surface area contributed by atoms with Gasteiger partial charge in [-0.25, -0.2) is 9.59 Å². The third kappa shape index (κ3) is 6.37. The predicted octanol–water partition coefficient (Wildman–Crippen LogP) is 5.24. The van der Waals surface area contributed by atoms with E-state index < -0.39 is 35.7 Å². The van der Waals surface area contributed by atoms with Gasteiger partial charge in [-0.15, -0.1) is 0 Å². The maximum atomic E-state index is 13.8. The van der Waals surface area contributed by atoms with Gasteiger partial charge in [-0.2, -0.15) is 18.4 Å². The van der Waals surface area contributed by atoms with E-state index in [9.17, 15) is 32.8 Å². The Morgan fingerprint density at radius 1 is 1.19 bits per heavy atom. The van der Waals surface area contributed by atoms with Gasteiger partial charge >= 0.3 is 18.2 Å². The highest BCUT2D eigenvalue weighted by molar-refractivity contribution is 6.04. The molecular formula is C31H34F3N5O4. The smallest absolute Gasteiger partial charge is 0.416 e. The first kappa shape index (κ1) is 31.6. The maximum absolute atomic E-state index is 13.8. The Morgan fingerprint density at radius 2 is 1.91 bits per heavy atom. The van der Waals surface area contributed by atoms with Crippen LogP contribution < -0.4 is 10.2 Å². The molecule has 12 heteroatoms. The van der Waals surface area contributed by atoms with Crippen LogP contribution >= 0.6 is 0 Å². The van der Waals surface area contributed by atoms with Crippen molar-refractivity contribution in [2.75, 3.05) is 31.6 Å². The summed E-state index contributed by atoms with van der Waals surface area (Å²) in [7, 11) is 1.40. The molecule has 228 valence electrons. The molecule has 1 N–H and O–H groups in total. The van der Waals surface area contributed by atoms with E-state index in [1.807, 2.05) is 6.07 Å². The van der Waals surface area contributed by atoms with E-state index in [1.165, 1.54) is 49.2 Å². The summed E-state index contributed by atoms with van der Waals surface area (Å²) in [6.07, 6.45) is -3.92. The minimum absolute atomic E-state index is 0.00169. The van der Waals surface area contributed by atoms with E-state index in [0.717, 1.165) is 30.0 Å². The average molecular weight is 598 g/mol. The van der Waals surface area contributed by atoms with Gasteiger partial charge in [-0.1, -0.05) is 12.1 Å². The zero-order chi connectivity index (χ0) is 31.6. The van der Waals surface area contributed by atoms with Gasteiger partial charge in [-0.05, 0) is 70.0 Å². The Morgan fingerprint density at radius 3 is 2.51 bits per heavy atom. The number of nitriles is 1. The van der Waals surface area contributed by atoms with Gasteiger partial charge in [0.05, 0.1) is 41.1 Å². The third-order valence-corrected chi connectivity index (χ3v) is 7.81. The Kier molecular flexibility index (Phi) is 9.15. The number of halogens is 3. The van der Waals surface area contributed by atoms with E-state index in [4.69, 9.17) is 4.74 Å². The van der Waals surface area contributed by atoms with Crippen molar-refractivity contribution >= 4 is 23.6 Å². The molecule has 2 atom stereocenters. The molecule has 2 aromatic rings. The van der Waals surface area contributed by atoms with Crippen LogP contribution in [0, 0.1) is 11.3 Å². The summed E-state index contributed by atoms with van der Waals surface area (Å²) in [6, 6.07) is 9.01. The van der Waals surface area contributed by atoms with Crippen LogP contribution in [-0.2, 0) is 15.7 Å². The number of benzene rings is 2. The number of ether oxygens (including phenoxy) is 1. The van der Waals surface area contributed by atoms with Crippen LogP contribution in [0.1, 0.15) is 67.2 Å². The molecule has 2 aliphatic rings. The van der Waals surface area contributed by atoms with Gasteiger partial charge in [0.15, 0.2) is 0 Å². The molecule has 2 aliphatic heterocycles. The SMILES string of the molecule is CCOC(=O)C1=C(C)N(c2cccc(C(F)(F)F)c2)C(=O)N(C)C1c1ccc(C#N)cc1C(=O)NC1CCN(C(C)C)C1. The molecule has 0 aliphatic carbocycles. The third-order valence-electron chi connectivity index (χ3n) is 7.81. The second kappa shape index (κ2) is 12.5. The Labute approximate surface area is 248 Å². The molecule has 4 rings (SSSR count). The molecule has 2 unspecified atom stereocenters. The number of carbonyl (C=O) groups is 3. The van der Waals surface area contributed by atoms with Gasteiger partial charge in [0.25, 0.3) is 5.91 Å². The van der Waals surface area contributed by atoms with Crippen LogP contribution in [0.15, 0.2) is 53.7 Å². The molecule has 0 bridgehead atoms. The monoisotopic (exact) mass is 597 g/mol. The number of anilines is 1. The zero-order valence-electron chi connectivity index (χ0n) is 24.7. The van der Waals surface area contributed by atoms with Crippen LogP contribution in [0.2, 0.25) is 0 Å². The number of carbonyl (C=O) groups excluding carboxylic acids is 3. The molecule has 43 heavy (non-hydrogen) atoms. The molecule has 3 amide bonds. The number of nitrogens with one attached hydrogen (secondary N) is 1. The summed E-state index contributed by atoms with van der Waals surface area (Å²) in [5, 5.41) is 12.6. The fourth-order valence-corrected chi connectivity index (χ4v) is 5.58. The Hall–Kier alpha value is -4.37. The van der Waals surface area contributed by atoms with Crippen LogP contribution in [0.25, 0.3) is 0 Å². The zero-order valence-corrected chi connectivity index (χ0v) is 24.7. The van der Waals surface area contributed by atoms with Crippen molar-refractivity contribution in [1.82, 2.24) is 15.1 Å². The van der Waals surface area contributed by atoms with Gasteiger partial charge in [-0.3, -0.25) is 14.6 Å². The lowest BCUT2D eigenvalue weighted by atomic mass is 9.88. The average Bonchev–Trinajstić information content (AvgIpc) is 3.43. The van der Waals surface area contributed by atoms with Crippen molar-refractivity contribution in [1.29, 1.82) is 5.26 Å². The lowest BCUT2D eigenvalue weighted by Crippen LogP contribution is -2.49. The quantitative estimate of drug-likeness (QED) is 0.438. The van der Waals surface area contributed by atoms with E-state index in [0.29, 0.717) is 12.6 Å². The highest BCUT2D eigenvalue weighted by atomic mass is 19.4. The van der Waals surface area contributed by atoms with Crippen molar-refractivity contribution in [3.63, 3.8) is 0 Å². The normalized spacial score (nSPS) is 19.6. The van der Waals surface area contributed by atoms with Gasteiger partial charge in [0, 0.05) is 43.5 Å². The number of alkyl halides is 3. The highest BCUT2D eigenvalue weighted by Crippen LogP contribution is 2.41. The van der Waals surface area contributed by atoms with E-state index in [1.54, 1.807) is 6.92 Å². The summed E-state index contributed by atoms with van der Waals surface area (Å²) in [5.41, 5.74) is -0.416. The standard InChI is InChI=1S/C31H34F3N5O4/c1-6-43-29(41)26-19(4)39(23-9-7-8-21(15-23)31(32,33)34)30(42)37(5)27(26)24-11-10-20(16-35)14-25(24)28(40)36-22-12-13-38(17-22)18(2)3/h7-11,14-15,18,22,27H,6,12-13,17H2,1-5H3,(H,36,40). The first-order valence-electron chi connectivity index (χ1n) is 14.0. The molecule has 0 saturated carbocycles. The second-order valence-electron chi connectivity index (χ2n) is 10.9. The molecular weight excluding hydrogens is 563 g/mol. The minimum atomic E-state index is -4.65. The number of esters is 1. The number of amides is 3. The van der Waals surface area contributed by atoms with Gasteiger partial charge in [0.1, 0.15) is 0 Å². The van der Waals surface area contributed by atoms with Crippen LogP contribution in [0.3, 0.4) is 0 Å². The van der Waals surface area contributed by atoms with Gasteiger partial charge < -0.3 is 15.0 Å². The first-order valence-corrected chi connectivity index (χ1v) is 14.0. The summed E-state index contributed by atoms with van der Waals surface area (Å²) in [5.74, 6) is -1.26. The van der Waals surface area contributed by atoms with Crippen LogP contribution in [-0.4, -0.2) is 66.5 Å². The van der Waals surface area contributed by atoms with Crippen molar-refractivity contribution in [2.45, 2.75) is 58.4 Å². The largest absolute Gasteiger partial charge is 0.463 e. The van der Waals surface area contributed by atoms with E-state index in [2.05, 4.69) is 24.1 Å². The van der Waals surface area contributed by atoms with Crippen molar-refractivity contribution in [3.8, 4) is 6.07 Å². The Balaban J connectivity index is 1.84. The number of nitrogens with zero attached hydrogens (tertiary/aromatic N) is 4. The summed E-state index contributed by atoms with van der Waals surface area (Å²) in [4.78, 5) is 45.4. The molecule has 9 nitrogen and oxygen atoms in total. The molecule has 1 fully saturated rings. The molecule has 2 heterocycles. The molecule has 0 spiro atoms. The predicted molar refractivity (Wildman–Crippen MR) is 153 cm³/mol. The lowest BCUT2D eigenvalue weighted by Gasteiger charge is -2.41. The topological polar surface area (TPSA) is 106 Å². The molecule has 0 radical (unpaired) electrons. The number of allylic oxidation sites excluding steroid dienone is 1. The van der Waals surface area contributed by atoms with Crippen molar-refractivity contribution < 1.29 is 32.3 Å². The molecule has 2 aromatic carbocycles. The minimum Gasteiger partial charge on any atom is -0.463 e. The summed E-state index contributed by atoms with van der Waals surface area (Å²) >= 11 is 0.